The average molecular weight is 411 g/mol. The van der Waals surface area contributed by atoms with Gasteiger partial charge in [0.1, 0.15) is 0 Å². The van der Waals surface area contributed by atoms with Crippen LogP contribution in [0.3, 0.4) is 0 Å². The minimum Gasteiger partial charge on any atom is -0.493 e. The molecule has 0 saturated heterocycles. The van der Waals surface area contributed by atoms with Crippen molar-refractivity contribution in [2.24, 2.45) is 0 Å². The molecule has 4 nitrogen and oxygen atoms in total. The van der Waals surface area contributed by atoms with Crippen LogP contribution >= 0.6 is 22.6 Å². The number of hydrogen-bond acceptors (Lipinski definition) is 3. The molecule has 0 aliphatic carbocycles. The van der Waals surface area contributed by atoms with Crippen molar-refractivity contribution in [3.63, 3.8) is 0 Å². The number of amides is 1. The molecule has 0 unspecified atom stereocenters. The van der Waals surface area contributed by atoms with Crippen molar-refractivity contribution in [1.82, 2.24) is 4.90 Å². The first-order valence-corrected chi connectivity index (χ1v) is 7.85. The van der Waals surface area contributed by atoms with Crippen molar-refractivity contribution >= 4 is 28.5 Å². The van der Waals surface area contributed by atoms with Crippen LogP contribution in [0.5, 0.6) is 11.5 Å². The van der Waals surface area contributed by atoms with E-state index >= 15 is 0 Å². The summed E-state index contributed by atoms with van der Waals surface area (Å²) in [6.07, 6.45) is 0. The first kappa shape index (κ1) is 16.6. The highest BCUT2D eigenvalue weighted by molar-refractivity contribution is 14.1. The van der Waals surface area contributed by atoms with Gasteiger partial charge in [0.15, 0.2) is 11.5 Å². The Labute approximate surface area is 144 Å². The van der Waals surface area contributed by atoms with E-state index in [1.54, 1.807) is 26.2 Å². The van der Waals surface area contributed by atoms with Gasteiger partial charge >= 0.3 is 0 Å². The number of benzene rings is 2. The molecular weight excluding hydrogens is 393 g/mol. The van der Waals surface area contributed by atoms with Gasteiger partial charge in [0, 0.05) is 22.7 Å². The summed E-state index contributed by atoms with van der Waals surface area (Å²) >= 11 is 2.22. The minimum atomic E-state index is -0.00816. The fourth-order valence-electron chi connectivity index (χ4n) is 2.14. The van der Waals surface area contributed by atoms with E-state index in [-0.39, 0.29) is 5.91 Å². The third-order valence-corrected chi connectivity index (χ3v) is 4.02. The third-order valence-electron chi connectivity index (χ3n) is 3.31. The van der Waals surface area contributed by atoms with E-state index in [0.29, 0.717) is 23.6 Å². The predicted octanol–water partition coefficient (Wildman–Crippen LogP) is 3.58. The second-order valence-electron chi connectivity index (χ2n) is 4.86. The largest absolute Gasteiger partial charge is 0.493 e. The Balaban J connectivity index is 2.12. The van der Waals surface area contributed by atoms with Crippen LogP contribution in [0, 0.1) is 3.57 Å². The van der Waals surface area contributed by atoms with Gasteiger partial charge in [0.05, 0.1) is 14.2 Å². The van der Waals surface area contributed by atoms with Crippen LogP contribution in [0.1, 0.15) is 15.9 Å². The van der Waals surface area contributed by atoms with Crippen molar-refractivity contribution in [1.29, 1.82) is 0 Å². The summed E-state index contributed by atoms with van der Waals surface area (Å²) in [6.45, 7) is 0.505. The molecule has 0 aliphatic rings. The third kappa shape index (κ3) is 3.91. The van der Waals surface area contributed by atoms with E-state index in [4.69, 9.17) is 9.47 Å². The topological polar surface area (TPSA) is 38.8 Å². The summed E-state index contributed by atoms with van der Waals surface area (Å²) in [5.41, 5.74) is 1.67. The molecular formula is C17H18INO3. The Kier molecular flexibility index (Phi) is 5.65. The monoisotopic (exact) mass is 411 g/mol. The maximum atomic E-state index is 12.4. The van der Waals surface area contributed by atoms with Crippen LogP contribution in [0.15, 0.2) is 42.5 Å². The number of halogens is 1. The Hall–Kier alpha value is -1.76. The van der Waals surface area contributed by atoms with Gasteiger partial charge < -0.3 is 14.4 Å². The molecule has 0 saturated carbocycles. The van der Waals surface area contributed by atoms with Gasteiger partial charge in [0.25, 0.3) is 5.91 Å². The van der Waals surface area contributed by atoms with Crippen LogP contribution in [0.25, 0.3) is 0 Å². The van der Waals surface area contributed by atoms with E-state index in [1.165, 1.54) is 0 Å². The highest BCUT2D eigenvalue weighted by Gasteiger charge is 2.13. The molecule has 0 atom stereocenters. The number of hydrogen-bond donors (Lipinski definition) is 0. The van der Waals surface area contributed by atoms with E-state index in [2.05, 4.69) is 22.6 Å². The van der Waals surface area contributed by atoms with Crippen LogP contribution in [0.4, 0.5) is 0 Å². The number of ether oxygens (including phenoxy) is 2. The second-order valence-corrected chi connectivity index (χ2v) is 6.10. The summed E-state index contributed by atoms with van der Waals surface area (Å²) < 4.78 is 11.6. The fraction of sp³-hybridized carbons (Fsp3) is 0.235. The highest BCUT2D eigenvalue weighted by atomic mass is 127. The molecule has 1 amide bonds. The van der Waals surface area contributed by atoms with Gasteiger partial charge in [-0.15, -0.1) is 0 Å². The molecule has 0 aromatic heterocycles. The van der Waals surface area contributed by atoms with Crippen LogP contribution < -0.4 is 9.47 Å². The van der Waals surface area contributed by atoms with Gasteiger partial charge in [-0.25, -0.2) is 0 Å². The lowest BCUT2D eigenvalue weighted by Crippen LogP contribution is -2.26. The Morgan fingerprint density at radius 3 is 2.27 bits per heavy atom. The average Bonchev–Trinajstić information content (AvgIpc) is 2.54. The minimum absolute atomic E-state index is 0.00816. The van der Waals surface area contributed by atoms with Crippen molar-refractivity contribution < 1.29 is 14.3 Å². The van der Waals surface area contributed by atoms with Crippen molar-refractivity contribution in [3.8, 4) is 11.5 Å². The van der Waals surface area contributed by atoms with Crippen LogP contribution in [0.2, 0.25) is 0 Å². The summed E-state index contributed by atoms with van der Waals surface area (Å²) in [5, 5.41) is 0. The van der Waals surface area contributed by atoms with E-state index < -0.39 is 0 Å². The van der Waals surface area contributed by atoms with Crippen molar-refractivity contribution in [2.45, 2.75) is 6.54 Å². The molecule has 0 spiro atoms. The number of nitrogens with zero attached hydrogens (tertiary/aromatic N) is 1. The molecule has 2 rings (SSSR count). The standard InChI is InChI=1S/C17H18INO3/c1-19(17(20)13-5-7-14(18)8-6-13)11-12-4-9-15(21-2)16(10-12)22-3/h4-10H,11H2,1-3H3. The Morgan fingerprint density at radius 1 is 1.05 bits per heavy atom. The van der Waals surface area contributed by atoms with E-state index in [9.17, 15) is 4.79 Å². The molecule has 2 aromatic rings. The lowest BCUT2D eigenvalue weighted by molar-refractivity contribution is 0.0785. The van der Waals surface area contributed by atoms with E-state index in [1.807, 2.05) is 42.5 Å². The SMILES string of the molecule is COc1ccc(CN(C)C(=O)c2ccc(I)cc2)cc1OC. The Morgan fingerprint density at radius 2 is 1.68 bits per heavy atom. The molecule has 0 bridgehead atoms. The lowest BCUT2D eigenvalue weighted by Gasteiger charge is -2.18. The Bertz CT molecular complexity index is 655. The first-order valence-electron chi connectivity index (χ1n) is 6.77. The highest BCUT2D eigenvalue weighted by Crippen LogP contribution is 2.28. The molecule has 0 fully saturated rings. The van der Waals surface area contributed by atoms with Gasteiger partial charge in [0.2, 0.25) is 0 Å². The van der Waals surface area contributed by atoms with E-state index in [0.717, 1.165) is 9.13 Å². The summed E-state index contributed by atoms with van der Waals surface area (Å²) in [7, 11) is 4.99. The summed E-state index contributed by atoms with van der Waals surface area (Å²) in [5.74, 6) is 1.33. The molecule has 2 aromatic carbocycles. The van der Waals surface area contributed by atoms with Gasteiger partial charge in [-0.2, -0.15) is 0 Å². The van der Waals surface area contributed by atoms with Crippen molar-refractivity contribution in [2.75, 3.05) is 21.3 Å². The maximum Gasteiger partial charge on any atom is 0.253 e. The first-order chi connectivity index (χ1) is 10.5. The fourth-order valence-corrected chi connectivity index (χ4v) is 2.50. The molecule has 5 heteroatoms. The zero-order valence-electron chi connectivity index (χ0n) is 12.8. The number of rotatable bonds is 5. The molecule has 0 radical (unpaired) electrons. The predicted molar refractivity (Wildman–Crippen MR) is 94.5 cm³/mol. The molecule has 0 aliphatic heterocycles. The second kappa shape index (κ2) is 7.49. The van der Waals surface area contributed by atoms with Crippen molar-refractivity contribution in [3.05, 3.63) is 57.2 Å². The number of carbonyl (C=O) groups is 1. The smallest absolute Gasteiger partial charge is 0.253 e. The zero-order chi connectivity index (χ0) is 16.1. The zero-order valence-corrected chi connectivity index (χ0v) is 15.0. The quantitative estimate of drug-likeness (QED) is 0.707. The van der Waals surface area contributed by atoms with Gasteiger partial charge in [-0.1, -0.05) is 6.07 Å². The summed E-state index contributed by atoms with van der Waals surface area (Å²) in [4.78, 5) is 14.1. The summed E-state index contributed by atoms with van der Waals surface area (Å²) in [6, 6.07) is 13.2. The molecule has 0 heterocycles. The molecule has 0 N–H and O–H groups in total. The van der Waals surface area contributed by atoms with Gasteiger partial charge in [-0.05, 0) is 64.6 Å². The molecule has 116 valence electrons. The normalized spacial score (nSPS) is 10.2. The molecule has 22 heavy (non-hydrogen) atoms. The van der Waals surface area contributed by atoms with Gasteiger partial charge in [-0.3, -0.25) is 4.79 Å². The number of carbonyl (C=O) groups excluding carboxylic acids is 1. The van der Waals surface area contributed by atoms with Crippen LogP contribution in [-0.4, -0.2) is 32.1 Å². The lowest BCUT2D eigenvalue weighted by atomic mass is 10.1. The van der Waals surface area contributed by atoms with Crippen LogP contribution in [-0.2, 0) is 6.54 Å². The maximum absolute atomic E-state index is 12.4. The number of methoxy groups -OCH3 is 2.